The normalized spacial score (nSPS) is 13.1. The molecule has 0 atom stereocenters. The summed E-state index contributed by atoms with van der Waals surface area (Å²) in [4.78, 5) is 11.5. The number of hydrogen-bond acceptors (Lipinski definition) is 1. The van der Waals surface area contributed by atoms with Crippen molar-refractivity contribution in [2.75, 3.05) is 0 Å². The van der Waals surface area contributed by atoms with Crippen molar-refractivity contribution in [3.63, 3.8) is 0 Å². The summed E-state index contributed by atoms with van der Waals surface area (Å²) in [5.41, 5.74) is 7.70. The van der Waals surface area contributed by atoms with Gasteiger partial charge in [0.1, 0.15) is 0 Å². The van der Waals surface area contributed by atoms with Gasteiger partial charge in [-0.2, -0.15) is 0 Å². The maximum Gasteiger partial charge on any atom is 0.249 e. The van der Waals surface area contributed by atoms with E-state index in [1.54, 1.807) is 0 Å². The minimum Gasteiger partial charge on any atom is -0.366 e. The van der Waals surface area contributed by atoms with Crippen LogP contribution in [0.15, 0.2) is 60.2 Å². The lowest BCUT2D eigenvalue weighted by Gasteiger charge is -2.06. The monoisotopic (exact) mass is 227 g/mol. The molecule has 0 aromatic heterocycles. The predicted octanol–water partition coefficient (Wildman–Crippen LogP) is 3.08. The van der Waals surface area contributed by atoms with Crippen molar-refractivity contribution in [3.8, 4) is 0 Å². The van der Waals surface area contributed by atoms with E-state index in [4.69, 9.17) is 5.73 Å². The highest BCUT2D eigenvalue weighted by molar-refractivity contribution is 6.20. The molecule has 0 unspecified atom stereocenters. The Labute approximate surface area is 102 Å². The quantitative estimate of drug-likeness (QED) is 0.623. The summed E-state index contributed by atoms with van der Waals surface area (Å²) in [7, 11) is 0. The zero-order valence-electron chi connectivity index (χ0n) is 10.2. The van der Waals surface area contributed by atoms with Gasteiger partial charge in [0.05, 0.1) is 0 Å². The van der Waals surface area contributed by atoms with Crippen LogP contribution < -0.4 is 5.73 Å². The number of primary amides is 1. The fourth-order valence-electron chi connectivity index (χ4n) is 1.56. The van der Waals surface area contributed by atoms with Gasteiger partial charge in [0, 0.05) is 5.57 Å². The molecule has 2 heteroatoms. The van der Waals surface area contributed by atoms with Crippen molar-refractivity contribution < 1.29 is 4.79 Å². The molecule has 1 rings (SSSR count). The van der Waals surface area contributed by atoms with Gasteiger partial charge >= 0.3 is 0 Å². The molecule has 0 saturated carbocycles. The van der Waals surface area contributed by atoms with Gasteiger partial charge in [-0.05, 0) is 25.0 Å². The van der Waals surface area contributed by atoms with E-state index < -0.39 is 5.91 Å². The third kappa shape index (κ3) is 3.76. The minimum atomic E-state index is -0.404. The van der Waals surface area contributed by atoms with Crippen LogP contribution in [-0.2, 0) is 4.79 Å². The van der Waals surface area contributed by atoms with Crippen LogP contribution in [0.2, 0.25) is 0 Å². The third-order valence-corrected chi connectivity index (χ3v) is 2.35. The van der Waals surface area contributed by atoms with Crippen LogP contribution in [-0.4, -0.2) is 5.91 Å². The highest BCUT2D eigenvalue weighted by atomic mass is 16.1. The largest absolute Gasteiger partial charge is 0.366 e. The molecule has 17 heavy (non-hydrogen) atoms. The van der Waals surface area contributed by atoms with Crippen LogP contribution >= 0.6 is 0 Å². The number of carbonyl (C=O) groups is 1. The zero-order valence-corrected chi connectivity index (χ0v) is 10.2. The van der Waals surface area contributed by atoms with Gasteiger partial charge in [-0.15, -0.1) is 0 Å². The average molecular weight is 227 g/mol. The van der Waals surface area contributed by atoms with Gasteiger partial charge in [-0.3, -0.25) is 4.79 Å². The summed E-state index contributed by atoms with van der Waals surface area (Å²) in [6, 6.07) is 9.45. The van der Waals surface area contributed by atoms with Gasteiger partial charge < -0.3 is 5.73 Å². The molecule has 0 saturated heterocycles. The van der Waals surface area contributed by atoms with Crippen LogP contribution in [0.4, 0.5) is 0 Å². The lowest BCUT2D eigenvalue weighted by atomic mass is 10.00. The summed E-state index contributed by atoms with van der Waals surface area (Å²) < 4.78 is 0. The van der Waals surface area contributed by atoms with Crippen LogP contribution in [0.5, 0.6) is 0 Å². The molecule has 2 N–H and O–H groups in total. The summed E-state index contributed by atoms with van der Waals surface area (Å²) >= 11 is 0. The predicted molar refractivity (Wildman–Crippen MR) is 72.2 cm³/mol. The lowest BCUT2D eigenvalue weighted by molar-refractivity contribution is -0.112. The van der Waals surface area contributed by atoms with E-state index in [9.17, 15) is 4.79 Å². The molecule has 2 nitrogen and oxygen atoms in total. The number of rotatable bonds is 4. The molecule has 0 aliphatic rings. The molecule has 1 amide bonds. The Bertz CT molecular complexity index is 467. The SMILES string of the molecule is CC=CC=CC(C)=C(C(N)=O)c1ccccc1. The van der Waals surface area contributed by atoms with Crippen LogP contribution in [0, 0.1) is 0 Å². The zero-order chi connectivity index (χ0) is 12.7. The minimum absolute atomic E-state index is 0.404. The summed E-state index contributed by atoms with van der Waals surface area (Å²) in [5.74, 6) is -0.404. The molecule has 0 radical (unpaired) electrons. The van der Waals surface area contributed by atoms with Crippen LogP contribution in [0.25, 0.3) is 5.57 Å². The maximum atomic E-state index is 11.5. The van der Waals surface area contributed by atoms with Crippen LogP contribution in [0.3, 0.4) is 0 Å². The second-order valence-corrected chi connectivity index (χ2v) is 3.67. The number of allylic oxidation sites excluding steroid dienone is 5. The Hall–Kier alpha value is -2.09. The van der Waals surface area contributed by atoms with E-state index in [0.29, 0.717) is 5.57 Å². The van der Waals surface area contributed by atoms with Crippen LogP contribution in [0.1, 0.15) is 19.4 Å². The summed E-state index contributed by atoms with van der Waals surface area (Å²) in [5, 5.41) is 0. The van der Waals surface area contributed by atoms with E-state index in [-0.39, 0.29) is 0 Å². The molecule has 1 aromatic rings. The molecule has 0 bridgehead atoms. The van der Waals surface area contributed by atoms with Crippen molar-refractivity contribution in [2.45, 2.75) is 13.8 Å². The Balaban J connectivity index is 3.17. The summed E-state index contributed by atoms with van der Waals surface area (Å²) in [6.45, 7) is 3.82. The molecule has 0 aliphatic carbocycles. The first-order valence-corrected chi connectivity index (χ1v) is 5.52. The number of hydrogen-bond donors (Lipinski definition) is 1. The van der Waals surface area contributed by atoms with Gasteiger partial charge in [0.2, 0.25) is 5.91 Å². The van der Waals surface area contributed by atoms with Crippen molar-refractivity contribution in [3.05, 3.63) is 65.8 Å². The smallest absolute Gasteiger partial charge is 0.249 e. The van der Waals surface area contributed by atoms with E-state index in [0.717, 1.165) is 11.1 Å². The fourth-order valence-corrected chi connectivity index (χ4v) is 1.56. The molecule has 0 spiro atoms. The molecule has 0 fully saturated rings. The first kappa shape index (κ1) is 13.0. The number of amides is 1. The molecule has 0 heterocycles. The molecular weight excluding hydrogens is 210 g/mol. The van der Waals surface area contributed by atoms with E-state index in [2.05, 4.69) is 0 Å². The lowest BCUT2D eigenvalue weighted by Crippen LogP contribution is -2.14. The topological polar surface area (TPSA) is 43.1 Å². The summed E-state index contributed by atoms with van der Waals surface area (Å²) in [6.07, 6.45) is 7.61. The van der Waals surface area contributed by atoms with Gasteiger partial charge in [-0.25, -0.2) is 0 Å². The third-order valence-electron chi connectivity index (χ3n) is 2.35. The number of benzene rings is 1. The second-order valence-electron chi connectivity index (χ2n) is 3.67. The molecule has 0 aliphatic heterocycles. The Morgan fingerprint density at radius 1 is 1.18 bits per heavy atom. The molecule has 1 aromatic carbocycles. The Morgan fingerprint density at radius 3 is 2.35 bits per heavy atom. The highest BCUT2D eigenvalue weighted by Crippen LogP contribution is 2.18. The first-order chi connectivity index (χ1) is 8.16. The van der Waals surface area contributed by atoms with E-state index >= 15 is 0 Å². The standard InChI is InChI=1S/C15H17NO/c1-3-4-6-9-12(2)14(15(16)17)13-10-7-5-8-11-13/h3-11H,1-2H3,(H2,16,17). The Morgan fingerprint density at radius 2 is 1.82 bits per heavy atom. The van der Waals surface area contributed by atoms with Gasteiger partial charge in [0.15, 0.2) is 0 Å². The van der Waals surface area contributed by atoms with Gasteiger partial charge in [-0.1, -0.05) is 54.6 Å². The Kier molecular flexibility index (Phi) is 4.95. The maximum absolute atomic E-state index is 11.5. The van der Waals surface area contributed by atoms with Crippen molar-refractivity contribution in [1.29, 1.82) is 0 Å². The second kappa shape index (κ2) is 6.48. The molecular formula is C15H17NO. The van der Waals surface area contributed by atoms with E-state index in [1.165, 1.54) is 0 Å². The van der Waals surface area contributed by atoms with Crippen molar-refractivity contribution in [2.24, 2.45) is 5.73 Å². The first-order valence-electron chi connectivity index (χ1n) is 5.52. The molecule has 88 valence electrons. The van der Waals surface area contributed by atoms with Crippen molar-refractivity contribution >= 4 is 11.5 Å². The highest BCUT2D eigenvalue weighted by Gasteiger charge is 2.09. The van der Waals surface area contributed by atoms with Crippen molar-refractivity contribution in [1.82, 2.24) is 0 Å². The average Bonchev–Trinajstić information content (AvgIpc) is 2.30. The number of carbonyl (C=O) groups excluding carboxylic acids is 1. The fraction of sp³-hybridized carbons (Fsp3) is 0.133. The van der Waals surface area contributed by atoms with E-state index in [1.807, 2.05) is 68.5 Å². The van der Waals surface area contributed by atoms with Gasteiger partial charge in [0.25, 0.3) is 0 Å². The number of nitrogens with two attached hydrogens (primary N) is 1.